The minimum absolute atomic E-state index is 0.00306. The molecule has 2 amide bonds. The minimum atomic E-state index is -0.303. The summed E-state index contributed by atoms with van der Waals surface area (Å²) in [6, 6.07) is 7.61. The molecule has 0 saturated carbocycles. The fraction of sp³-hybridized carbons (Fsp3) is 0.353. The molecule has 1 atom stereocenters. The van der Waals surface area contributed by atoms with Crippen LogP contribution in [-0.4, -0.2) is 47.0 Å². The molecule has 0 aliphatic carbocycles. The van der Waals surface area contributed by atoms with Gasteiger partial charge in [-0.2, -0.15) is 5.10 Å². The number of anilines is 1. The molecule has 1 aromatic carbocycles. The van der Waals surface area contributed by atoms with Gasteiger partial charge in [-0.15, -0.1) is 0 Å². The van der Waals surface area contributed by atoms with E-state index in [9.17, 15) is 9.59 Å². The maximum Gasteiger partial charge on any atom is 0.227 e. The van der Waals surface area contributed by atoms with E-state index in [1.54, 1.807) is 29.2 Å². The molecule has 7 heteroatoms. The molecule has 1 aliphatic heterocycles. The van der Waals surface area contributed by atoms with Gasteiger partial charge in [0.15, 0.2) is 0 Å². The highest BCUT2D eigenvalue weighted by molar-refractivity contribution is 6.30. The number of benzene rings is 1. The number of rotatable bonds is 5. The van der Waals surface area contributed by atoms with Crippen LogP contribution >= 0.6 is 11.6 Å². The van der Waals surface area contributed by atoms with Crippen LogP contribution in [0.1, 0.15) is 12.0 Å². The Labute approximate surface area is 145 Å². The predicted octanol–water partition coefficient (Wildman–Crippen LogP) is 2.12. The van der Waals surface area contributed by atoms with E-state index in [2.05, 4.69) is 10.2 Å². The molecular formula is C17H19ClN4O2. The number of carbonyl (C=O) groups is 2. The van der Waals surface area contributed by atoms with Gasteiger partial charge in [-0.3, -0.25) is 14.7 Å². The van der Waals surface area contributed by atoms with Crippen molar-refractivity contribution in [3.05, 3.63) is 47.2 Å². The molecule has 6 nitrogen and oxygen atoms in total. The fourth-order valence-electron chi connectivity index (χ4n) is 2.88. The van der Waals surface area contributed by atoms with Crippen LogP contribution < -0.4 is 4.90 Å². The van der Waals surface area contributed by atoms with E-state index in [4.69, 9.17) is 11.6 Å². The van der Waals surface area contributed by atoms with Crippen molar-refractivity contribution in [2.75, 3.05) is 25.0 Å². The summed E-state index contributed by atoms with van der Waals surface area (Å²) in [5.74, 6) is -0.341. The van der Waals surface area contributed by atoms with Gasteiger partial charge in [0.2, 0.25) is 11.8 Å². The Hall–Kier alpha value is -2.34. The van der Waals surface area contributed by atoms with Gasteiger partial charge < -0.3 is 9.80 Å². The van der Waals surface area contributed by atoms with Gasteiger partial charge in [0.05, 0.1) is 17.8 Å². The number of H-pyrrole nitrogens is 1. The standard InChI is InChI=1S/C17H19ClN4O2/c1-21(7-6-12-2-4-14(18)5-3-12)17(24)13-8-16(23)22(11-13)15-9-19-20-10-15/h2-5,9-10,13H,6-8,11H2,1H3,(H,19,20). The molecule has 2 aromatic rings. The van der Waals surface area contributed by atoms with Gasteiger partial charge in [0, 0.05) is 37.8 Å². The van der Waals surface area contributed by atoms with Gasteiger partial charge in [-0.1, -0.05) is 23.7 Å². The zero-order valence-corrected chi connectivity index (χ0v) is 14.2. The average Bonchev–Trinajstić information content (AvgIpc) is 3.22. The van der Waals surface area contributed by atoms with Crippen LogP contribution in [-0.2, 0) is 16.0 Å². The van der Waals surface area contributed by atoms with Gasteiger partial charge in [0.25, 0.3) is 0 Å². The quantitative estimate of drug-likeness (QED) is 0.901. The van der Waals surface area contributed by atoms with Crippen LogP contribution in [0.25, 0.3) is 0 Å². The number of hydrogen-bond acceptors (Lipinski definition) is 3. The normalized spacial score (nSPS) is 17.3. The number of carbonyl (C=O) groups excluding carboxylic acids is 2. The molecule has 3 rings (SSSR count). The van der Waals surface area contributed by atoms with Crippen molar-refractivity contribution < 1.29 is 9.59 Å². The molecule has 0 bridgehead atoms. The highest BCUT2D eigenvalue weighted by Gasteiger charge is 2.36. The summed E-state index contributed by atoms with van der Waals surface area (Å²) >= 11 is 5.87. The lowest BCUT2D eigenvalue weighted by molar-refractivity contribution is -0.134. The number of aromatic amines is 1. The lowest BCUT2D eigenvalue weighted by Gasteiger charge is -2.21. The summed E-state index contributed by atoms with van der Waals surface area (Å²) in [4.78, 5) is 28.0. The smallest absolute Gasteiger partial charge is 0.227 e. The Morgan fingerprint density at radius 1 is 1.42 bits per heavy atom. The Morgan fingerprint density at radius 2 is 2.17 bits per heavy atom. The Morgan fingerprint density at radius 3 is 2.83 bits per heavy atom. The third kappa shape index (κ3) is 3.59. The zero-order valence-electron chi connectivity index (χ0n) is 13.4. The second kappa shape index (κ2) is 7.05. The average molecular weight is 347 g/mol. The van der Waals surface area contributed by atoms with Crippen LogP contribution in [0.15, 0.2) is 36.7 Å². The van der Waals surface area contributed by atoms with E-state index in [1.807, 2.05) is 24.3 Å². The molecule has 1 aromatic heterocycles. The van der Waals surface area contributed by atoms with Crippen molar-refractivity contribution >= 4 is 29.1 Å². The van der Waals surface area contributed by atoms with Crippen molar-refractivity contribution in [1.82, 2.24) is 15.1 Å². The van der Waals surface area contributed by atoms with Crippen LogP contribution in [0.5, 0.6) is 0 Å². The number of likely N-dealkylation sites (N-methyl/N-ethyl adjacent to an activating group) is 1. The van der Waals surface area contributed by atoms with Crippen molar-refractivity contribution in [3.63, 3.8) is 0 Å². The van der Waals surface area contributed by atoms with Gasteiger partial charge >= 0.3 is 0 Å². The molecule has 0 radical (unpaired) electrons. The second-order valence-electron chi connectivity index (χ2n) is 6.00. The third-order valence-corrected chi connectivity index (χ3v) is 4.55. The summed E-state index contributed by atoms with van der Waals surface area (Å²) in [5.41, 5.74) is 1.83. The van der Waals surface area contributed by atoms with Crippen molar-refractivity contribution in [2.24, 2.45) is 5.92 Å². The molecule has 1 fully saturated rings. The van der Waals surface area contributed by atoms with Gasteiger partial charge in [-0.05, 0) is 24.1 Å². The predicted molar refractivity (Wildman–Crippen MR) is 91.8 cm³/mol. The van der Waals surface area contributed by atoms with E-state index in [0.29, 0.717) is 23.8 Å². The minimum Gasteiger partial charge on any atom is -0.345 e. The Bertz CT molecular complexity index is 715. The molecule has 1 saturated heterocycles. The molecule has 1 N–H and O–H groups in total. The Balaban J connectivity index is 1.56. The summed E-state index contributed by atoms with van der Waals surface area (Å²) in [7, 11) is 1.78. The van der Waals surface area contributed by atoms with Crippen LogP contribution in [0.4, 0.5) is 5.69 Å². The molecule has 1 aliphatic rings. The number of nitrogens with one attached hydrogen (secondary N) is 1. The Kier molecular flexibility index (Phi) is 4.85. The van der Waals surface area contributed by atoms with E-state index < -0.39 is 0 Å². The van der Waals surface area contributed by atoms with Crippen molar-refractivity contribution in [1.29, 1.82) is 0 Å². The molecule has 0 spiro atoms. The highest BCUT2D eigenvalue weighted by atomic mass is 35.5. The first-order chi connectivity index (χ1) is 11.5. The van der Waals surface area contributed by atoms with E-state index in [0.717, 1.165) is 12.0 Å². The zero-order chi connectivity index (χ0) is 17.1. The van der Waals surface area contributed by atoms with E-state index in [1.165, 1.54) is 0 Å². The number of aromatic nitrogens is 2. The summed E-state index contributed by atoms with van der Waals surface area (Å²) in [5, 5.41) is 7.24. The van der Waals surface area contributed by atoms with E-state index in [-0.39, 0.29) is 24.2 Å². The number of hydrogen-bond donors (Lipinski definition) is 1. The van der Waals surface area contributed by atoms with Gasteiger partial charge in [0.1, 0.15) is 0 Å². The lowest BCUT2D eigenvalue weighted by Crippen LogP contribution is -2.35. The number of nitrogens with zero attached hydrogens (tertiary/aromatic N) is 3. The summed E-state index contributed by atoms with van der Waals surface area (Å²) < 4.78 is 0. The highest BCUT2D eigenvalue weighted by Crippen LogP contribution is 2.25. The maximum absolute atomic E-state index is 12.6. The van der Waals surface area contributed by atoms with Crippen LogP contribution in [0, 0.1) is 5.92 Å². The summed E-state index contributed by atoms with van der Waals surface area (Å²) in [6.07, 6.45) is 4.25. The molecule has 24 heavy (non-hydrogen) atoms. The fourth-order valence-corrected chi connectivity index (χ4v) is 3.01. The third-order valence-electron chi connectivity index (χ3n) is 4.30. The molecule has 126 valence electrons. The molecule has 2 heterocycles. The maximum atomic E-state index is 12.6. The lowest BCUT2D eigenvalue weighted by atomic mass is 10.1. The van der Waals surface area contributed by atoms with Crippen LogP contribution in [0.3, 0.4) is 0 Å². The number of amides is 2. The number of halogens is 1. The first-order valence-corrected chi connectivity index (χ1v) is 8.21. The monoisotopic (exact) mass is 346 g/mol. The van der Waals surface area contributed by atoms with Crippen molar-refractivity contribution in [3.8, 4) is 0 Å². The second-order valence-corrected chi connectivity index (χ2v) is 6.43. The largest absolute Gasteiger partial charge is 0.345 e. The molecule has 1 unspecified atom stereocenters. The van der Waals surface area contributed by atoms with Crippen LogP contribution in [0.2, 0.25) is 5.02 Å². The SMILES string of the molecule is CN(CCc1ccc(Cl)cc1)C(=O)C1CC(=O)N(c2cn[nH]c2)C1. The van der Waals surface area contributed by atoms with Crippen molar-refractivity contribution in [2.45, 2.75) is 12.8 Å². The van der Waals surface area contributed by atoms with Gasteiger partial charge in [-0.25, -0.2) is 0 Å². The topological polar surface area (TPSA) is 69.3 Å². The first kappa shape index (κ1) is 16.5. The first-order valence-electron chi connectivity index (χ1n) is 7.83. The summed E-state index contributed by atoms with van der Waals surface area (Å²) in [6.45, 7) is 1.01. The molecular weight excluding hydrogens is 328 g/mol. The van der Waals surface area contributed by atoms with E-state index >= 15 is 0 Å².